The van der Waals surface area contributed by atoms with Crippen molar-refractivity contribution in [1.82, 2.24) is 5.32 Å². The molecule has 0 aliphatic heterocycles. The van der Waals surface area contributed by atoms with Crippen LogP contribution in [0.4, 0.5) is 0 Å². The monoisotopic (exact) mass is 165 g/mol. The van der Waals surface area contributed by atoms with Crippen LogP contribution >= 0.6 is 0 Å². The lowest BCUT2D eigenvalue weighted by molar-refractivity contribution is -0.125. The van der Waals surface area contributed by atoms with Gasteiger partial charge in [-0.1, -0.05) is 6.92 Å². The van der Waals surface area contributed by atoms with Crippen molar-refractivity contribution in [3.63, 3.8) is 0 Å². The molecule has 0 spiro atoms. The molecule has 12 heavy (non-hydrogen) atoms. The van der Waals surface area contributed by atoms with Crippen molar-refractivity contribution >= 4 is 5.91 Å². The van der Waals surface area contributed by atoms with E-state index in [1.165, 1.54) is 6.92 Å². The fraction of sp³-hybridized carbons (Fsp3) is 0.625. The van der Waals surface area contributed by atoms with Crippen molar-refractivity contribution in [3.05, 3.63) is 0 Å². The molecule has 0 unspecified atom stereocenters. The number of carbonyl (C=O) groups is 1. The van der Waals surface area contributed by atoms with Crippen LogP contribution in [-0.4, -0.2) is 12.5 Å². The van der Waals surface area contributed by atoms with E-state index in [1.54, 1.807) is 12.1 Å². The number of nitrogens with one attached hydrogen (secondary N) is 1. The Morgan fingerprint density at radius 2 is 2.00 bits per heavy atom. The van der Waals surface area contributed by atoms with Gasteiger partial charge >= 0.3 is 0 Å². The number of hydrogen-bond donors (Lipinski definition) is 1. The van der Waals surface area contributed by atoms with Crippen LogP contribution in [0.5, 0.6) is 0 Å². The average Bonchev–Trinajstić information content (AvgIpc) is 2.12. The lowest BCUT2D eigenvalue weighted by Gasteiger charge is -2.11. The maximum absolute atomic E-state index is 11.1. The zero-order valence-corrected chi connectivity index (χ0v) is 7.22. The molecule has 0 aromatic heterocycles. The van der Waals surface area contributed by atoms with Crippen LogP contribution in [0.2, 0.25) is 0 Å². The van der Waals surface area contributed by atoms with E-state index < -0.39 is 11.3 Å². The second-order valence-electron chi connectivity index (χ2n) is 2.60. The van der Waals surface area contributed by atoms with Crippen LogP contribution < -0.4 is 5.32 Å². The van der Waals surface area contributed by atoms with E-state index in [9.17, 15) is 4.79 Å². The van der Waals surface area contributed by atoms with Crippen LogP contribution in [-0.2, 0) is 4.79 Å². The zero-order valence-electron chi connectivity index (χ0n) is 7.22. The summed E-state index contributed by atoms with van der Waals surface area (Å²) in [5, 5.41) is 19.5. The summed E-state index contributed by atoms with van der Waals surface area (Å²) >= 11 is 0. The molecule has 0 saturated heterocycles. The van der Waals surface area contributed by atoms with Gasteiger partial charge in [-0.2, -0.15) is 10.5 Å². The first-order valence-corrected chi connectivity index (χ1v) is 3.71. The molecule has 0 atom stereocenters. The van der Waals surface area contributed by atoms with Gasteiger partial charge in [-0.3, -0.25) is 4.79 Å². The molecule has 1 N–H and O–H groups in total. The molecule has 64 valence electrons. The second-order valence-corrected chi connectivity index (χ2v) is 2.60. The van der Waals surface area contributed by atoms with Crippen LogP contribution in [0.3, 0.4) is 0 Å². The van der Waals surface area contributed by atoms with E-state index >= 15 is 0 Å². The molecule has 0 heterocycles. The molecule has 4 nitrogen and oxygen atoms in total. The highest BCUT2D eigenvalue weighted by Crippen LogP contribution is 2.12. The van der Waals surface area contributed by atoms with Crippen LogP contribution in [0.25, 0.3) is 0 Å². The molecule has 0 saturated carbocycles. The third kappa shape index (κ3) is 2.25. The van der Waals surface area contributed by atoms with Crippen LogP contribution in [0, 0.1) is 28.1 Å². The lowest BCUT2D eigenvalue weighted by Crippen LogP contribution is -2.37. The van der Waals surface area contributed by atoms with E-state index in [4.69, 9.17) is 10.5 Å². The van der Waals surface area contributed by atoms with Crippen molar-refractivity contribution < 1.29 is 4.79 Å². The van der Waals surface area contributed by atoms with E-state index in [0.29, 0.717) is 6.54 Å². The molecule has 0 aromatic carbocycles. The highest BCUT2D eigenvalue weighted by atomic mass is 16.2. The Bertz CT molecular complexity index is 232. The Morgan fingerprint density at radius 1 is 1.50 bits per heavy atom. The van der Waals surface area contributed by atoms with Gasteiger partial charge in [0.05, 0.1) is 12.1 Å². The van der Waals surface area contributed by atoms with Crippen molar-refractivity contribution in [2.24, 2.45) is 5.41 Å². The highest BCUT2D eigenvalue weighted by Gasteiger charge is 2.32. The molecule has 1 amide bonds. The summed E-state index contributed by atoms with van der Waals surface area (Å²) in [6, 6.07) is 3.33. The minimum absolute atomic E-state index is 0.498. The first kappa shape index (κ1) is 10.4. The Morgan fingerprint density at radius 3 is 2.33 bits per heavy atom. The third-order valence-electron chi connectivity index (χ3n) is 1.44. The molecule has 4 heteroatoms. The van der Waals surface area contributed by atoms with E-state index in [0.717, 1.165) is 6.42 Å². The van der Waals surface area contributed by atoms with Gasteiger partial charge in [0.15, 0.2) is 0 Å². The molecule has 0 aromatic rings. The number of amides is 1. The summed E-state index contributed by atoms with van der Waals surface area (Å²) in [6.45, 7) is 3.70. The Hall–Kier alpha value is -1.55. The number of nitrogens with zero attached hydrogens (tertiary/aromatic N) is 2. The summed E-state index contributed by atoms with van der Waals surface area (Å²) in [5.74, 6) is -0.519. The van der Waals surface area contributed by atoms with Gasteiger partial charge in [0, 0.05) is 6.54 Å². The minimum Gasteiger partial charge on any atom is -0.354 e. The Balaban J connectivity index is 4.29. The predicted molar refractivity (Wildman–Crippen MR) is 42.6 cm³/mol. The van der Waals surface area contributed by atoms with E-state index in [1.807, 2.05) is 6.92 Å². The fourth-order valence-electron chi connectivity index (χ4n) is 0.542. The molecule has 0 bridgehead atoms. The average molecular weight is 165 g/mol. The summed E-state index contributed by atoms with van der Waals surface area (Å²) in [4.78, 5) is 11.1. The Labute approximate surface area is 71.8 Å². The van der Waals surface area contributed by atoms with E-state index in [2.05, 4.69) is 5.32 Å². The van der Waals surface area contributed by atoms with Crippen LogP contribution in [0.15, 0.2) is 0 Å². The molecule has 0 aliphatic carbocycles. The quantitative estimate of drug-likeness (QED) is 0.664. The standard InChI is InChI=1S/C8H11N3O/c1-3-4-11-7(12)8(2,5-9)6-10/h3-4H2,1-2H3,(H,11,12). The number of nitriles is 2. The van der Waals surface area contributed by atoms with Gasteiger partial charge in [-0.15, -0.1) is 0 Å². The van der Waals surface area contributed by atoms with Gasteiger partial charge in [-0.05, 0) is 13.3 Å². The molecule has 0 radical (unpaired) electrons. The van der Waals surface area contributed by atoms with E-state index in [-0.39, 0.29) is 0 Å². The third-order valence-corrected chi connectivity index (χ3v) is 1.44. The minimum atomic E-state index is -1.55. The van der Waals surface area contributed by atoms with Gasteiger partial charge in [0.1, 0.15) is 0 Å². The van der Waals surface area contributed by atoms with Crippen LogP contribution in [0.1, 0.15) is 20.3 Å². The molecule has 0 fully saturated rings. The molecule has 0 rings (SSSR count). The van der Waals surface area contributed by atoms with Gasteiger partial charge < -0.3 is 5.32 Å². The SMILES string of the molecule is CCCNC(=O)C(C)(C#N)C#N. The van der Waals surface area contributed by atoms with Gasteiger partial charge in [0.25, 0.3) is 5.91 Å². The molecule has 0 aliphatic rings. The highest BCUT2D eigenvalue weighted by molar-refractivity contribution is 5.87. The summed E-state index contributed by atoms with van der Waals surface area (Å²) in [6.07, 6.45) is 0.790. The van der Waals surface area contributed by atoms with Gasteiger partial charge in [-0.25, -0.2) is 0 Å². The largest absolute Gasteiger partial charge is 0.354 e. The van der Waals surface area contributed by atoms with Gasteiger partial charge in [0.2, 0.25) is 5.41 Å². The summed E-state index contributed by atoms with van der Waals surface area (Å²) in [7, 11) is 0. The maximum Gasteiger partial charge on any atom is 0.254 e. The second kappa shape index (κ2) is 4.35. The first-order valence-electron chi connectivity index (χ1n) is 3.71. The normalized spacial score (nSPS) is 9.67. The number of rotatable bonds is 3. The van der Waals surface area contributed by atoms with Crippen molar-refractivity contribution in [2.45, 2.75) is 20.3 Å². The predicted octanol–water partition coefficient (Wildman–Crippen LogP) is 0.566. The molecular formula is C8H11N3O. The van der Waals surface area contributed by atoms with Crippen molar-refractivity contribution in [3.8, 4) is 12.1 Å². The lowest BCUT2D eigenvalue weighted by atomic mass is 9.94. The maximum atomic E-state index is 11.1. The fourth-order valence-corrected chi connectivity index (χ4v) is 0.542. The first-order chi connectivity index (χ1) is 5.60. The Kier molecular flexibility index (Phi) is 3.79. The van der Waals surface area contributed by atoms with Crippen molar-refractivity contribution in [2.75, 3.05) is 6.54 Å². The number of carbonyl (C=O) groups excluding carboxylic acids is 1. The zero-order chi connectivity index (χ0) is 9.61. The summed E-state index contributed by atoms with van der Waals surface area (Å²) < 4.78 is 0. The number of hydrogen-bond acceptors (Lipinski definition) is 3. The smallest absolute Gasteiger partial charge is 0.254 e. The van der Waals surface area contributed by atoms with Crippen molar-refractivity contribution in [1.29, 1.82) is 10.5 Å². The summed E-state index contributed by atoms with van der Waals surface area (Å²) in [5.41, 5.74) is -1.55. The molecular weight excluding hydrogens is 154 g/mol. The topological polar surface area (TPSA) is 76.7 Å².